The van der Waals surface area contributed by atoms with Crippen molar-refractivity contribution in [2.24, 2.45) is 5.73 Å². The van der Waals surface area contributed by atoms with E-state index in [9.17, 15) is 19.8 Å². The molecule has 2 rings (SSSR count). The minimum Gasteiger partial charge on any atom is -0.508 e. The van der Waals surface area contributed by atoms with E-state index in [1.54, 1.807) is 30.3 Å². The third kappa shape index (κ3) is 3.62. The fraction of sp³-hybridized carbons (Fsp3) is 0.125. The number of aromatic hydroxyl groups is 1. The van der Waals surface area contributed by atoms with Crippen LogP contribution in [-0.4, -0.2) is 22.1 Å². The predicted molar refractivity (Wildman–Crippen MR) is 80.0 cm³/mol. The van der Waals surface area contributed by atoms with Crippen molar-refractivity contribution in [2.75, 3.05) is 0 Å². The first-order valence-corrected chi connectivity index (χ1v) is 6.61. The number of rotatable bonds is 5. The highest BCUT2D eigenvalue weighted by molar-refractivity contribution is 5.88. The van der Waals surface area contributed by atoms with Crippen LogP contribution in [0.1, 0.15) is 23.2 Å². The van der Waals surface area contributed by atoms with Crippen LogP contribution in [0.2, 0.25) is 0 Å². The summed E-state index contributed by atoms with van der Waals surface area (Å²) in [4.78, 5) is 23.5. The molecule has 22 heavy (non-hydrogen) atoms. The molecule has 1 amide bonds. The Bertz CT molecular complexity index is 656. The highest BCUT2D eigenvalue weighted by atomic mass is 16.4. The lowest BCUT2D eigenvalue weighted by Gasteiger charge is -2.18. The third-order valence-electron chi connectivity index (χ3n) is 3.20. The molecule has 6 nitrogen and oxygen atoms in total. The molecule has 2 aromatic rings. The summed E-state index contributed by atoms with van der Waals surface area (Å²) in [5, 5.41) is 20.9. The number of aliphatic carboxylic acids is 1. The van der Waals surface area contributed by atoms with E-state index in [1.807, 2.05) is 0 Å². The second-order valence-electron chi connectivity index (χ2n) is 4.76. The molecule has 0 aromatic heterocycles. The summed E-state index contributed by atoms with van der Waals surface area (Å²) in [6.07, 6.45) is 0. The highest BCUT2D eigenvalue weighted by Gasteiger charge is 2.25. The molecule has 0 saturated carbocycles. The van der Waals surface area contributed by atoms with Gasteiger partial charge in [0.15, 0.2) is 6.04 Å². The van der Waals surface area contributed by atoms with E-state index in [4.69, 9.17) is 5.73 Å². The number of amides is 1. The van der Waals surface area contributed by atoms with Crippen molar-refractivity contribution in [1.29, 1.82) is 0 Å². The smallest absolute Gasteiger partial charge is 0.330 e. The zero-order valence-electron chi connectivity index (χ0n) is 11.6. The summed E-state index contributed by atoms with van der Waals surface area (Å²) in [5.74, 6) is -1.72. The summed E-state index contributed by atoms with van der Waals surface area (Å²) in [6, 6.07) is 12.0. The van der Waals surface area contributed by atoms with E-state index >= 15 is 0 Å². The van der Waals surface area contributed by atoms with Gasteiger partial charge in [0, 0.05) is 0 Å². The lowest BCUT2D eigenvalue weighted by molar-refractivity contribution is -0.142. The lowest BCUT2D eigenvalue weighted by Crippen LogP contribution is -2.39. The molecule has 0 aliphatic heterocycles. The Morgan fingerprint density at radius 2 is 1.55 bits per heavy atom. The Morgan fingerprint density at radius 1 is 0.955 bits per heavy atom. The number of benzene rings is 2. The van der Waals surface area contributed by atoms with Crippen LogP contribution in [0.4, 0.5) is 0 Å². The molecule has 0 fully saturated rings. The fourth-order valence-corrected chi connectivity index (χ4v) is 2.00. The Morgan fingerprint density at radius 3 is 2.09 bits per heavy atom. The largest absolute Gasteiger partial charge is 0.508 e. The molecule has 6 heteroatoms. The van der Waals surface area contributed by atoms with Gasteiger partial charge in [0.1, 0.15) is 11.8 Å². The van der Waals surface area contributed by atoms with Crippen LogP contribution < -0.4 is 11.1 Å². The molecule has 0 heterocycles. The van der Waals surface area contributed by atoms with Gasteiger partial charge in [-0.25, -0.2) is 4.79 Å². The summed E-state index contributed by atoms with van der Waals surface area (Å²) in [5.41, 5.74) is 6.77. The van der Waals surface area contributed by atoms with Gasteiger partial charge in [-0.1, -0.05) is 42.5 Å². The second kappa shape index (κ2) is 6.73. The Balaban J connectivity index is 2.14. The van der Waals surface area contributed by atoms with Crippen LogP contribution in [0.5, 0.6) is 5.75 Å². The summed E-state index contributed by atoms with van der Waals surface area (Å²) < 4.78 is 0. The first kappa shape index (κ1) is 15.5. The number of carboxylic acids is 1. The number of nitrogens with one attached hydrogen (secondary N) is 1. The summed E-state index contributed by atoms with van der Waals surface area (Å²) in [6.45, 7) is 0. The predicted octanol–water partition coefficient (Wildman–Crippen LogP) is 1.33. The quantitative estimate of drug-likeness (QED) is 0.665. The monoisotopic (exact) mass is 300 g/mol. The molecule has 2 atom stereocenters. The number of carbonyl (C=O) groups is 2. The molecule has 114 valence electrons. The molecular formula is C16H16N2O4. The molecule has 0 saturated heterocycles. The van der Waals surface area contributed by atoms with Gasteiger partial charge in [0.05, 0.1) is 0 Å². The topological polar surface area (TPSA) is 113 Å². The van der Waals surface area contributed by atoms with Crippen LogP contribution in [0.15, 0.2) is 54.6 Å². The van der Waals surface area contributed by atoms with Crippen molar-refractivity contribution in [2.45, 2.75) is 12.1 Å². The van der Waals surface area contributed by atoms with Gasteiger partial charge in [0.2, 0.25) is 5.91 Å². The fourth-order valence-electron chi connectivity index (χ4n) is 2.00. The van der Waals surface area contributed by atoms with Gasteiger partial charge in [-0.15, -0.1) is 0 Å². The Hall–Kier alpha value is -2.86. The van der Waals surface area contributed by atoms with Crippen molar-refractivity contribution in [3.05, 3.63) is 65.7 Å². The van der Waals surface area contributed by atoms with Crippen molar-refractivity contribution >= 4 is 11.9 Å². The van der Waals surface area contributed by atoms with Crippen molar-refractivity contribution in [3.63, 3.8) is 0 Å². The maximum atomic E-state index is 12.2. The summed E-state index contributed by atoms with van der Waals surface area (Å²) >= 11 is 0. The maximum Gasteiger partial charge on any atom is 0.330 e. The van der Waals surface area contributed by atoms with Gasteiger partial charge >= 0.3 is 5.97 Å². The molecule has 0 aliphatic carbocycles. The van der Waals surface area contributed by atoms with Crippen LogP contribution in [-0.2, 0) is 9.59 Å². The molecule has 5 N–H and O–H groups in total. The van der Waals surface area contributed by atoms with Crippen molar-refractivity contribution in [1.82, 2.24) is 5.32 Å². The zero-order chi connectivity index (χ0) is 16.1. The average Bonchev–Trinajstić information content (AvgIpc) is 2.53. The number of phenols is 1. The van der Waals surface area contributed by atoms with E-state index in [2.05, 4.69) is 5.32 Å². The molecule has 0 aliphatic rings. The third-order valence-corrected chi connectivity index (χ3v) is 3.20. The normalized spacial score (nSPS) is 13.1. The van der Waals surface area contributed by atoms with Gasteiger partial charge in [-0.3, -0.25) is 4.79 Å². The first-order chi connectivity index (χ1) is 10.5. The number of carbonyl (C=O) groups excluding carboxylic acids is 1. The van der Waals surface area contributed by atoms with Crippen molar-refractivity contribution in [3.8, 4) is 5.75 Å². The number of hydrogen-bond acceptors (Lipinski definition) is 4. The minimum absolute atomic E-state index is 0.0593. The first-order valence-electron chi connectivity index (χ1n) is 6.61. The number of phenolic OH excluding ortho intramolecular Hbond substituents is 1. The van der Waals surface area contributed by atoms with E-state index < -0.39 is 24.0 Å². The van der Waals surface area contributed by atoms with Crippen molar-refractivity contribution < 1.29 is 19.8 Å². The molecule has 2 unspecified atom stereocenters. The highest BCUT2D eigenvalue weighted by Crippen LogP contribution is 2.18. The zero-order valence-corrected chi connectivity index (χ0v) is 11.6. The molecule has 0 radical (unpaired) electrons. The van der Waals surface area contributed by atoms with Gasteiger partial charge < -0.3 is 21.3 Å². The molecule has 0 spiro atoms. The van der Waals surface area contributed by atoms with Crippen LogP contribution in [0.3, 0.4) is 0 Å². The van der Waals surface area contributed by atoms with Gasteiger partial charge in [-0.2, -0.15) is 0 Å². The molecular weight excluding hydrogens is 284 g/mol. The van der Waals surface area contributed by atoms with Crippen LogP contribution in [0.25, 0.3) is 0 Å². The van der Waals surface area contributed by atoms with E-state index in [0.717, 1.165) is 0 Å². The van der Waals surface area contributed by atoms with Crippen LogP contribution in [0, 0.1) is 0 Å². The SMILES string of the molecule is NC(C(=O)NC(C(=O)O)c1ccccc1)c1ccc(O)cc1. The Kier molecular flexibility index (Phi) is 4.75. The Labute approximate surface area is 127 Å². The standard InChI is InChI=1S/C16H16N2O4/c17-13(10-6-8-12(19)9-7-10)15(20)18-14(16(21)22)11-4-2-1-3-5-11/h1-9,13-14,19H,17H2,(H,18,20)(H,21,22). The van der Waals surface area contributed by atoms with Gasteiger partial charge in [0.25, 0.3) is 0 Å². The van der Waals surface area contributed by atoms with E-state index in [-0.39, 0.29) is 5.75 Å². The second-order valence-corrected chi connectivity index (χ2v) is 4.76. The van der Waals surface area contributed by atoms with Crippen LogP contribution >= 0.6 is 0 Å². The van der Waals surface area contributed by atoms with E-state index in [1.165, 1.54) is 24.3 Å². The summed E-state index contributed by atoms with van der Waals surface area (Å²) in [7, 11) is 0. The molecule has 0 bridgehead atoms. The number of nitrogens with two attached hydrogens (primary N) is 1. The number of carboxylic acid groups (broad SMARTS) is 1. The van der Waals surface area contributed by atoms with E-state index in [0.29, 0.717) is 11.1 Å². The average molecular weight is 300 g/mol. The maximum absolute atomic E-state index is 12.2. The number of hydrogen-bond donors (Lipinski definition) is 4. The minimum atomic E-state index is -1.17. The molecule has 2 aromatic carbocycles. The lowest BCUT2D eigenvalue weighted by atomic mass is 10.0. The van der Waals surface area contributed by atoms with Gasteiger partial charge in [-0.05, 0) is 23.3 Å².